The van der Waals surface area contributed by atoms with Crippen molar-refractivity contribution in [2.24, 2.45) is 0 Å². The van der Waals surface area contributed by atoms with Crippen LogP contribution in [0.4, 0.5) is 4.79 Å². The van der Waals surface area contributed by atoms with Crippen molar-refractivity contribution in [3.63, 3.8) is 0 Å². The summed E-state index contributed by atoms with van der Waals surface area (Å²) in [6.45, 7) is 0.537. The Labute approximate surface area is 187 Å². The Kier molecular flexibility index (Phi) is 4.53. The van der Waals surface area contributed by atoms with Crippen LogP contribution >= 0.6 is 0 Å². The van der Waals surface area contributed by atoms with Crippen LogP contribution in [0.15, 0.2) is 97.1 Å². The van der Waals surface area contributed by atoms with Crippen LogP contribution in [0.5, 0.6) is 0 Å². The van der Waals surface area contributed by atoms with E-state index in [9.17, 15) is 4.79 Å². The Hall–Kier alpha value is -3.85. The van der Waals surface area contributed by atoms with Crippen LogP contribution in [-0.2, 0) is 9.47 Å². The van der Waals surface area contributed by atoms with E-state index in [4.69, 9.17) is 9.47 Å². The SMILES string of the molecule is O=C(OCC1c2ccccc2-c2ccccc21)OCC1c2ccccc2-c2ccccc21. The van der Waals surface area contributed by atoms with E-state index >= 15 is 0 Å². The topological polar surface area (TPSA) is 35.5 Å². The summed E-state index contributed by atoms with van der Waals surface area (Å²) in [7, 11) is 0. The first-order chi connectivity index (χ1) is 15.8. The molecule has 0 unspecified atom stereocenters. The van der Waals surface area contributed by atoms with Gasteiger partial charge in [-0.25, -0.2) is 4.79 Å². The van der Waals surface area contributed by atoms with Gasteiger partial charge in [0.15, 0.2) is 0 Å². The molecule has 0 radical (unpaired) electrons. The molecule has 0 amide bonds. The summed E-state index contributed by atoms with van der Waals surface area (Å²) >= 11 is 0. The number of ether oxygens (including phenoxy) is 2. The van der Waals surface area contributed by atoms with Crippen molar-refractivity contribution in [2.45, 2.75) is 11.8 Å². The number of fused-ring (bicyclic) bond motifs is 6. The number of hydrogen-bond donors (Lipinski definition) is 0. The van der Waals surface area contributed by atoms with Crippen LogP contribution in [0, 0.1) is 0 Å². The number of hydrogen-bond acceptors (Lipinski definition) is 3. The maximum absolute atomic E-state index is 12.6. The quantitative estimate of drug-likeness (QED) is 0.343. The smallest absolute Gasteiger partial charge is 0.433 e. The molecule has 0 N–H and O–H groups in total. The van der Waals surface area contributed by atoms with Gasteiger partial charge in [-0.15, -0.1) is 0 Å². The van der Waals surface area contributed by atoms with Crippen molar-refractivity contribution >= 4 is 6.16 Å². The Bertz CT molecular complexity index is 1130. The minimum atomic E-state index is -0.617. The largest absolute Gasteiger partial charge is 0.508 e. The summed E-state index contributed by atoms with van der Waals surface area (Å²) in [5.41, 5.74) is 9.63. The summed E-state index contributed by atoms with van der Waals surface area (Å²) in [6, 6.07) is 33.3. The lowest BCUT2D eigenvalue weighted by molar-refractivity contribution is 0.0515. The summed E-state index contributed by atoms with van der Waals surface area (Å²) in [4.78, 5) is 12.6. The zero-order valence-electron chi connectivity index (χ0n) is 17.5. The summed E-state index contributed by atoms with van der Waals surface area (Å²) in [6.07, 6.45) is -0.617. The second-order valence-electron chi connectivity index (χ2n) is 8.33. The minimum absolute atomic E-state index is 0.0304. The molecule has 4 aromatic rings. The van der Waals surface area contributed by atoms with E-state index in [1.165, 1.54) is 44.5 Å². The Morgan fingerprint density at radius 1 is 0.500 bits per heavy atom. The van der Waals surface area contributed by atoms with Gasteiger partial charge in [0, 0.05) is 11.8 Å². The highest BCUT2D eigenvalue weighted by Gasteiger charge is 2.31. The first kappa shape index (κ1) is 18.9. The molecule has 0 spiro atoms. The second-order valence-corrected chi connectivity index (χ2v) is 8.33. The van der Waals surface area contributed by atoms with Gasteiger partial charge in [-0.3, -0.25) is 0 Å². The third-order valence-corrected chi connectivity index (χ3v) is 6.66. The average molecular weight is 418 g/mol. The second kappa shape index (κ2) is 7.69. The summed E-state index contributed by atoms with van der Waals surface area (Å²) < 4.78 is 11.2. The lowest BCUT2D eigenvalue weighted by Gasteiger charge is -2.16. The van der Waals surface area contributed by atoms with E-state index in [1.54, 1.807) is 0 Å². The molecule has 0 heterocycles. The van der Waals surface area contributed by atoms with Crippen LogP contribution in [0.1, 0.15) is 34.1 Å². The zero-order valence-corrected chi connectivity index (χ0v) is 17.5. The Morgan fingerprint density at radius 3 is 1.09 bits per heavy atom. The molecule has 0 atom stereocenters. The van der Waals surface area contributed by atoms with Gasteiger partial charge in [-0.05, 0) is 44.5 Å². The monoisotopic (exact) mass is 418 g/mol. The van der Waals surface area contributed by atoms with Gasteiger partial charge >= 0.3 is 6.16 Å². The molecule has 32 heavy (non-hydrogen) atoms. The van der Waals surface area contributed by atoms with Gasteiger partial charge in [0.2, 0.25) is 0 Å². The molecule has 0 aromatic heterocycles. The molecule has 0 fully saturated rings. The fraction of sp³-hybridized carbons (Fsp3) is 0.138. The maximum Gasteiger partial charge on any atom is 0.508 e. The molecule has 3 nitrogen and oxygen atoms in total. The predicted molar refractivity (Wildman–Crippen MR) is 125 cm³/mol. The van der Waals surface area contributed by atoms with Gasteiger partial charge in [-0.2, -0.15) is 0 Å². The predicted octanol–water partition coefficient (Wildman–Crippen LogP) is 6.76. The van der Waals surface area contributed by atoms with Gasteiger partial charge < -0.3 is 9.47 Å². The molecule has 0 saturated carbocycles. The van der Waals surface area contributed by atoms with Gasteiger partial charge in [0.05, 0.1) is 0 Å². The Morgan fingerprint density at radius 2 is 0.781 bits per heavy atom. The lowest BCUT2D eigenvalue weighted by atomic mass is 9.98. The summed E-state index contributed by atoms with van der Waals surface area (Å²) in [5, 5.41) is 0. The van der Waals surface area contributed by atoms with Crippen molar-refractivity contribution in [1.29, 1.82) is 0 Å². The molecule has 156 valence electrons. The third-order valence-electron chi connectivity index (χ3n) is 6.66. The molecule has 4 aromatic carbocycles. The average Bonchev–Trinajstić information content (AvgIpc) is 3.34. The van der Waals surface area contributed by atoms with Gasteiger partial charge in [0.25, 0.3) is 0 Å². The Balaban J connectivity index is 1.16. The zero-order chi connectivity index (χ0) is 21.5. The van der Waals surface area contributed by atoms with Crippen molar-refractivity contribution in [2.75, 3.05) is 13.2 Å². The molecular formula is C29H22O3. The normalized spacial score (nSPS) is 13.8. The number of carbonyl (C=O) groups excluding carboxylic acids is 1. The third kappa shape index (κ3) is 3.01. The molecule has 2 aliphatic rings. The summed E-state index contributed by atoms with van der Waals surface area (Å²) in [5.74, 6) is 0.0609. The van der Waals surface area contributed by atoms with E-state index in [0.717, 1.165) is 0 Å². The van der Waals surface area contributed by atoms with Crippen molar-refractivity contribution in [3.05, 3.63) is 119 Å². The fourth-order valence-corrected chi connectivity index (χ4v) is 5.22. The van der Waals surface area contributed by atoms with Crippen molar-refractivity contribution < 1.29 is 14.3 Å². The first-order valence-electron chi connectivity index (χ1n) is 11.0. The molecule has 2 aliphatic carbocycles. The molecular weight excluding hydrogens is 396 g/mol. The molecule has 0 bridgehead atoms. The van der Waals surface area contributed by atoms with E-state index < -0.39 is 6.16 Å². The molecule has 6 rings (SSSR count). The molecule has 0 aliphatic heterocycles. The molecule has 3 heteroatoms. The van der Waals surface area contributed by atoms with E-state index in [0.29, 0.717) is 0 Å². The fourth-order valence-electron chi connectivity index (χ4n) is 5.22. The van der Waals surface area contributed by atoms with Gasteiger partial charge in [-0.1, -0.05) is 97.1 Å². The highest BCUT2D eigenvalue weighted by atomic mass is 16.7. The van der Waals surface area contributed by atoms with Crippen molar-refractivity contribution in [3.8, 4) is 22.3 Å². The molecule has 0 saturated heterocycles. The van der Waals surface area contributed by atoms with Gasteiger partial charge in [0.1, 0.15) is 13.2 Å². The van der Waals surface area contributed by atoms with Crippen LogP contribution in [0.2, 0.25) is 0 Å². The van der Waals surface area contributed by atoms with Crippen LogP contribution in [0.25, 0.3) is 22.3 Å². The van der Waals surface area contributed by atoms with Crippen LogP contribution < -0.4 is 0 Å². The lowest BCUT2D eigenvalue weighted by Crippen LogP contribution is -2.17. The maximum atomic E-state index is 12.6. The highest BCUT2D eigenvalue weighted by molar-refractivity contribution is 5.80. The highest BCUT2D eigenvalue weighted by Crippen LogP contribution is 2.45. The standard InChI is InChI=1S/C29H22O3/c30-29(31-17-27-23-13-5-1-9-19(23)20-10-2-6-14-24(20)27)32-18-28-25-15-7-3-11-21(25)22-12-4-8-16-26(22)28/h1-16,27-28H,17-18H2. The van der Waals surface area contributed by atoms with E-state index in [2.05, 4.69) is 48.5 Å². The van der Waals surface area contributed by atoms with Crippen molar-refractivity contribution in [1.82, 2.24) is 0 Å². The van der Waals surface area contributed by atoms with E-state index in [1.807, 2.05) is 48.5 Å². The number of benzene rings is 4. The number of carbonyl (C=O) groups is 1. The van der Waals surface area contributed by atoms with E-state index in [-0.39, 0.29) is 25.0 Å². The number of rotatable bonds is 4. The first-order valence-corrected chi connectivity index (χ1v) is 11.0. The van der Waals surface area contributed by atoms with Crippen LogP contribution in [0.3, 0.4) is 0 Å². The minimum Gasteiger partial charge on any atom is -0.433 e. The van der Waals surface area contributed by atoms with Crippen LogP contribution in [-0.4, -0.2) is 19.4 Å².